The van der Waals surface area contributed by atoms with Crippen LogP contribution < -0.4 is 19.3 Å². The van der Waals surface area contributed by atoms with E-state index in [9.17, 15) is 0 Å². The van der Waals surface area contributed by atoms with Crippen molar-refractivity contribution in [3.05, 3.63) is 248 Å². The molecule has 4 nitrogen and oxygen atoms in total. The van der Waals surface area contributed by atoms with Crippen LogP contribution in [0.5, 0.6) is 23.0 Å². The normalized spacial score (nSPS) is 12.9. The van der Waals surface area contributed by atoms with Gasteiger partial charge in [-0.1, -0.05) is 142 Å². The molecule has 0 N–H and O–H groups in total. The second-order valence-corrected chi connectivity index (χ2v) is 17.8. The smallest absolute Gasteiger partial charge is 0.137 e. The lowest BCUT2D eigenvalue weighted by Gasteiger charge is -2.30. The first-order chi connectivity index (χ1) is 32.9. The van der Waals surface area contributed by atoms with Gasteiger partial charge in [0.15, 0.2) is 0 Å². The van der Waals surface area contributed by atoms with Crippen molar-refractivity contribution in [1.29, 1.82) is 0 Å². The van der Waals surface area contributed by atoms with Crippen molar-refractivity contribution in [1.82, 2.24) is 0 Å². The summed E-state index contributed by atoms with van der Waals surface area (Å²) in [5.41, 5.74) is 14.7. The lowest BCUT2D eigenvalue weighted by molar-refractivity contribution is 0.481. The number of hydrogen-bond acceptors (Lipinski definition) is 4. The molecule has 0 radical (unpaired) electrons. The van der Waals surface area contributed by atoms with Gasteiger partial charge in [0.05, 0.1) is 0 Å². The van der Waals surface area contributed by atoms with Crippen LogP contribution in [0, 0.1) is 0 Å². The van der Waals surface area contributed by atoms with Gasteiger partial charge in [-0.3, -0.25) is 0 Å². The molecule has 4 heteroatoms. The first-order valence-corrected chi connectivity index (χ1v) is 22.8. The Labute approximate surface area is 391 Å². The number of fused-ring (bicyclic) bond motifs is 6. The lowest BCUT2D eigenvalue weighted by atomic mass is 9.82. The third-order valence-corrected chi connectivity index (χ3v) is 13.4. The first kappa shape index (κ1) is 40.0. The summed E-state index contributed by atoms with van der Waals surface area (Å²) in [7, 11) is 0. The fourth-order valence-electron chi connectivity index (χ4n) is 10.2. The number of rotatable bonds is 10. The molecule has 0 unspecified atom stereocenters. The van der Waals surface area contributed by atoms with Crippen LogP contribution in [0.15, 0.2) is 231 Å². The molecule has 0 aromatic heterocycles. The minimum atomic E-state index is -0.149. The first-order valence-electron chi connectivity index (χ1n) is 22.8. The largest absolute Gasteiger partial charge is 0.457 e. The Balaban J connectivity index is 0.928. The zero-order chi connectivity index (χ0) is 45.1. The van der Waals surface area contributed by atoms with Crippen molar-refractivity contribution < 1.29 is 9.47 Å². The van der Waals surface area contributed by atoms with E-state index in [0.29, 0.717) is 0 Å². The Morgan fingerprint density at radius 3 is 1.88 bits per heavy atom. The topological polar surface area (TPSA) is 24.9 Å². The van der Waals surface area contributed by atoms with Crippen LogP contribution in [-0.4, -0.2) is 0 Å². The monoisotopic (exact) mass is 862 g/mol. The van der Waals surface area contributed by atoms with Gasteiger partial charge >= 0.3 is 0 Å². The number of ether oxygens (including phenoxy) is 2. The molecular weight excluding hydrogens is 817 g/mol. The molecule has 0 saturated carbocycles. The summed E-state index contributed by atoms with van der Waals surface area (Å²) >= 11 is 0. The van der Waals surface area contributed by atoms with Crippen molar-refractivity contribution in [2.75, 3.05) is 9.80 Å². The molecule has 1 aliphatic carbocycles. The maximum Gasteiger partial charge on any atom is 0.137 e. The lowest BCUT2D eigenvalue weighted by Crippen LogP contribution is -2.16. The van der Waals surface area contributed by atoms with Crippen LogP contribution in [0.2, 0.25) is 0 Å². The van der Waals surface area contributed by atoms with E-state index >= 15 is 0 Å². The Hall–Kier alpha value is -8.60. The van der Waals surface area contributed by atoms with Crippen molar-refractivity contribution >= 4 is 61.7 Å². The highest BCUT2D eigenvalue weighted by atomic mass is 16.5. The summed E-state index contributed by atoms with van der Waals surface area (Å²) in [4.78, 5) is 4.61. The van der Waals surface area contributed by atoms with Crippen LogP contribution >= 0.6 is 0 Å². The van der Waals surface area contributed by atoms with E-state index < -0.39 is 0 Å². The van der Waals surface area contributed by atoms with Crippen molar-refractivity contribution in [2.45, 2.75) is 19.3 Å². The molecule has 0 saturated heterocycles. The molecule has 0 bridgehead atoms. The summed E-state index contributed by atoms with van der Waals surface area (Å²) in [6.07, 6.45) is 5.87. The SMILES string of the molecule is C=CC=Cc1ccc2cc(N(c3ccc4c(c3)Oc3cccc5c(Oc6cccc(N(c7ccccc7)c7ccccc7)c6)ccc-4c35)c3ccc4c(c3)C(C)(C)c3ccccc3-4)ccc2c1. The summed E-state index contributed by atoms with van der Waals surface area (Å²) in [5.74, 6) is 3.11. The molecule has 67 heavy (non-hydrogen) atoms. The highest BCUT2D eigenvalue weighted by Gasteiger charge is 2.36. The fourth-order valence-corrected chi connectivity index (χ4v) is 10.2. The van der Waals surface area contributed by atoms with Crippen molar-refractivity contribution in [3.63, 3.8) is 0 Å². The van der Waals surface area contributed by atoms with Gasteiger partial charge in [-0.2, -0.15) is 0 Å². The summed E-state index contributed by atoms with van der Waals surface area (Å²) < 4.78 is 13.7. The predicted molar refractivity (Wildman–Crippen MR) is 280 cm³/mol. The van der Waals surface area contributed by atoms with Gasteiger partial charge in [-0.05, 0) is 141 Å². The second kappa shape index (κ2) is 16.1. The third kappa shape index (κ3) is 6.93. The van der Waals surface area contributed by atoms with Gasteiger partial charge in [0.1, 0.15) is 23.0 Å². The maximum absolute atomic E-state index is 6.93. The molecule has 0 fully saturated rings. The summed E-state index contributed by atoms with van der Waals surface area (Å²) in [6, 6.07) is 75.4. The van der Waals surface area contributed by atoms with E-state index in [1.165, 1.54) is 27.6 Å². The zero-order valence-corrected chi connectivity index (χ0v) is 37.4. The van der Waals surface area contributed by atoms with Crippen LogP contribution in [-0.2, 0) is 5.41 Å². The van der Waals surface area contributed by atoms with E-state index in [2.05, 4.69) is 230 Å². The number of benzene rings is 10. The average Bonchev–Trinajstić information content (AvgIpc) is 3.60. The summed E-state index contributed by atoms with van der Waals surface area (Å²) in [6.45, 7) is 8.52. The number of anilines is 6. The van der Waals surface area contributed by atoms with E-state index in [1.807, 2.05) is 30.4 Å². The highest BCUT2D eigenvalue weighted by molar-refractivity contribution is 6.07. The Bertz CT molecular complexity index is 3550. The molecule has 0 spiro atoms. The molecule has 0 atom stereocenters. The molecule has 320 valence electrons. The highest BCUT2D eigenvalue weighted by Crippen LogP contribution is 2.53. The van der Waals surface area contributed by atoms with Crippen LogP contribution in [0.1, 0.15) is 30.5 Å². The van der Waals surface area contributed by atoms with Gasteiger partial charge in [-0.25, -0.2) is 0 Å². The predicted octanol–water partition coefficient (Wildman–Crippen LogP) is 18.0. The van der Waals surface area contributed by atoms with Crippen molar-refractivity contribution in [3.8, 4) is 45.3 Å². The fraction of sp³-hybridized carbons (Fsp3) is 0.0476. The average molecular weight is 863 g/mol. The van der Waals surface area contributed by atoms with E-state index in [4.69, 9.17) is 9.47 Å². The quantitative estimate of drug-likeness (QED) is 0.128. The van der Waals surface area contributed by atoms with Crippen LogP contribution in [0.25, 0.3) is 49.9 Å². The van der Waals surface area contributed by atoms with Gasteiger partial charge in [0.2, 0.25) is 0 Å². The standard InChI is InChI=1S/C63H46N2O2/c1-4-5-16-42-27-28-44-38-48(30-29-43(44)37-42)65(49-31-33-53-52-23-12-13-25-57(52)63(2,3)58(53)40-49)50-32-34-54-55-35-36-59(56-24-15-26-60(62(55)56)67-61(54)41-50)66-51-22-14-21-47(39-51)64(45-17-8-6-9-18-45)46-19-10-7-11-20-46/h4-41H,1H2,2-3H3. The number of nitrogens with zero attached hydrogens (tertiary/aromatic N) is 2. The van der Waals surface area contributed by atoms with E-state index in [1.54, 1.807) is 0 Å². The molecule has 10 aromatic rings. The Kier molecular flexibility index (Phi) is 9.62. The maximum atomic E-state index is 6.93. The molecule has 2 aliphatic rings. The van der Waals surface area contributed by atoms with E-state index in [-0.39, 0.29) is 5.41 Å². The molecule has 1 heterocycles. The second-order valence-electron chi connectivity index (χ2n) is 17.8. The van der Waals surface area contributed by atoms with Gasteiger partial charge in [-0.15, -0.1) is 0 Å². The van der Waals surface area contributed by atoms with Crippen LogP contribution in [0.4, 0.5) is 34.1 Å². The van der Waals surface area contributed by atoms with Crippen molar-refractivity contribution in [2.24, 2.45) is 0 Å². The van der Waals surface area contributed by atoms with Gasteiger partial charge in [0.25, 0.3) is 0 Å². The summed E-state index contributed by atoms with van der Waals surface area (Å²) in [5, 5.41) is 4.36. The molecule has 10 aromatic carbocycles. The molecule has 1 aliphatic heterocycles. The minimum Gasteiger partial charge on any atom is -0.457 e. The van der Waals surface area contributed by atoms with Crippen LogP contribution in [0.3, 0.4) is 0 Å². The molecule has 0 amide bonds. The number of para-hydroxylation sites is 2. The number of allylic oxidation sites excluding steroid dienone is 2. The van der Waals surface area contributed by atoms with Gasteiger partial charge in [0, 0.05) is 68.0 Å². The Morgan fingerprint density at radius 1 is 0.463 bits per heavy atom. The molecular formula is C63H46N2O2. The Morgan fingerprint density at radius 2 is 1.07 bits per heavy atom. The van der Waals surface area contributed by atoms with E-state index in [0.717, 1.165) is 90.0 Å². The zero-order valence-electron chi connectivity index (χ0n) is 37.4. The third-order valence-electron chi connectivity index (χ3n) is 13.4. The van der Waals surface area contributed by atoms with Gasteiger partial charge < -0.3 is 19.3 Å². The number of hydrogen-bond donors (Lipinski definition) is 0. The molecule has 12 rings (SSSR count). The minimum absolute atomic E-state index is 0.149.